The molecule has 0 fully saturated rings. The Bertz CT molecular complexity index is 1380. The zero-order valence-corrected chi connectivity index (χ0v) is 25.6. The van der Waals surface area contributed by atoms with E-state index in [0.29, 0.717) is 36.8 Å². The summed E-state index contributed by atoms with van der Waals surface area (Å²) < 4.78 is 37.9. The maximum absolute atomic E-state index is 13.9. The van der Waals surface area contributed by atoms with Gasteiger partial charge in [-0.1, -0.05) is 62.7 Å². The average molecular weight is 596 g/mol. The highest BCUT2D eigenvalue weighted by molar-refractivity contribution is 7.92. The number of ether oxygens (including phenoxy) is 2. The van der Waals surface area contributed by atoms with Gasteiger partial charge >= 0.3 is 0 Å². The van der Waals surface area contributed by atoms with Crippen LogP contribution >= 0.6 is 0 Å². The molecular weight excluding hydrogens is 554 g/mol. The quantitative estimate of drug-likeness (QED) is 0.239. The fraction of sp³-hybridized carbons (Fsp3) is 0.375. The summed E-state index contributed by atoms with van der Waals surface area (Å²) in [6, 6.07) is 22.7. The molecule has 0 bridgehead atoms. The first-order valence-electron chi connectivity index (χ1n) is 14.1. The maximum Gasteiger partial charge on any atom is 0.244 e. The van der Waals surface area contributed by atoms with Crippen LogP contribution in [0.2, 0.25) is 0 Å². The minimum absolute atomic E-state index is 0.131. The first-order valence-corrected chi connectivity index (χ1v) is 16.0. The number of hydrogen-bond donors (Lipinski definition) is 1. The molecule has 1 atom stereocenters. The molecule has 1 unspecified atom stereocenters. The molecule has 9 nitrogen and oxygen atoms in total. The van der Waals surface area contributed by atoms with E-state index in [-0.39, 0.29) is 12.5 Å². The topological polar surface area (TPSA) is 105 Å². The Morgan fingerprint density at radius 1 is 0.881 bits per heavy atom. The van der Waals surface area contributed by atoms with Crippen LogP contribution in [0.1, 0.15) is 44.2 Å². The Kier molecular flexibility index (Phi) is 12.2. The van der Waals surface area contributed by atoms with Crippen molar-refractivity contribution in [2.45, 2.75) is 52.3 Å². The summed E-state index contributed by atoms with van der Waals surface area (Å²) in [5, 5.41) is 2.92. The van der Waals surface area contributed by atoms with Gasteiger partial charge in [-0.05, 0) is 60.4 Å². The molecule has 0 radical (unpaired) electrons. The largest absolute Gasteiger partial charge is 0.497 e. The Morgan fingerprint density at radius 3 is 2.10 bits per heavy atom. The lowest BCUT2D eigenvalue weighted by molar-refractivity contribution is -0.140. The van der Waals surface area contributed by atoms with Gasteiger partial charge in [0, 0.05) is 13.1 Å². The van der Waals surface area contributed by atoms with E-state index in [1.54, 1.807) is 43.5 Å². The summed E-state index contributed by atoms with van der Waals surface area (Å²) in [6.07, 6.45) is 3.17. The summed E-state index contributed by atoms with van der Waals surface area (Å²) in [6.45, 7) is 4.41. The zero-order valence-electron chi connectivity index (χ0n) is 24.8. The van der Waals surface area contributed by atoms with Crippen molar-refractivity contribution < 1.29 is 27.5 Å². The van der Waals surface area contributed by atoms with Crippen molar-refractivity contribution in [1.29, 1.82) is 0 Å². The molecule has 0 aromatic heterocycles. The van der Waals surface area contributed by atoms with E-state index in [1.807, 2.05) is 56.3 Å². The lowest BCUT2D eigenvalue weighted by Crippen LogP contribution is -2.52. The van der Waals surface area contributed by atoms with E-state index in [4.69, 9.17) is 9.47 Å². The number of unbranched alkanes of at least 4 members (excludes halogenated alkanes) is 1. The number of nitrogens with one attached hydrogen (secondary N) is 1. The Hall–Kier alpha value is -4.05. The second-order valence-corrected chi connectivity index (χ2v) is 11.9. The molecule has 0 aliphatic carbocycles. The lowest BCUT2D eigenvalue weighted by Gasteiger charge is -2.33. The van der Waals surface area contributed by atoms with Gasteiger partial charge in [0.1, 0.15) is 30.7 Å². The molecule has 0 saturated carbocycles. The van der Waals surface area contributed by atoms with Crippen molar-refractivity contribution in [2.24, 2.45) is 0 Å². The third kappa shape index (κ3) is 9.51. The van der Waals surface area contributed by atoms with Crippen LogP contribution in [0.5, 0.6) is 11.5 Å². The van der Waals surface area contributed by atoms with Gasteiger partial charge in [0.15, 0.2) is 0 Å². The van der Waals surface area contributed by atoms with Crippen molar-refractivity contribution in [3.8, 4) is 11.5 Å². The second kappa shape index (κ2) is 15.8. The van der Waals surface area contributed by atoms with Gasteiger partial charge in [0.25, 0.3) is 0 Å². The monoisotopic (exact) mass is 595 g/mol. The molecule has 0 spiro atoms. The number of amides is 2. The molecule has 2 amide bonds. The summed E-state index contributed by atoms with van der Waals surface area (Å²) in [5.74, 6) is 0.482. The number of anilines is 1. The minimum atomic E-state index is -3.84. The molecule has 10 heteroatoms. The Morgan fingerprint density at radius 2 is 1.52 bits per heavy atom. The first kappa shape index (κ1) is 32.5. The van der Waals surface area contributed by atoms with Gasteiger partial charge in [0.2, 0.25) is 21.8 Å². The maximum atomic E-state index is 13.9. The molecule has 0 aliphatic heterocycles. The van der Waals surface area contributed by atoms with Crippen molar-refractivity contribution in [1.82, 2.24) is 10.2 Å². The van der Waals surface area contributed by atoms with E-state index in [2.05, 4.69) is 5.32 Å². The van der Waals surface area contributed by atoms with Crippen LogP contribution in [-0.2, 0) is 32.8 Å². The van der Waals surface area contributed by atoms with Crippen LogP contribution in [-0.4, -0.2) is 57.6 Å². The van der Waals surface area contributed by atoms with E-state index in [0.717, 1.165) is 34.5 Å². The smallest absolute Gasteiger partial charge is 0.244 e. The summed E-state index contributed by atoms with van der Waals surface area (Å²) in [4.78, 5) is 28.5. The number of benzene rings is 3. The summed E-state index contributed by atoms with van der Waals surface area (Å²) in [7, 11) is -2.27. The van der Waals surface area contributed by atoms with Crippen molar-refractivity contribution >= 4 is 27.5 Å². The number of hydrogen-bond acceptors (Lipinski definition) is 6. The molecule has 0 saturated heterocycles. The summed E-state index contributed by atoms with van der Waals surface area (Å²) >= 11 is 0. The Balaban J connectivity index is 1.84. The van der Waals surface area contributed by atoms with Crippen molar-refractivity contribution in [2.75, 3.05) is 30.8 Å². The highest BCUT2D eigenvalue weighted by Gasteiger charge is 2.31. The molecule has 3 aromatic carbocycles. The number of sulfonamides is 1. The van der Waals surface area contributed by atoms with Crippen LogP contribution in [0.25, 0.3) is 0 Å². The predicted molar refractivity (Wildman–Crippen MR) is 165 cm³/mol. The van der Waals surface area contributed by atoms with Crippen LogP contribution in [0.3, 0.4) is 0 Å². The first-order chi connectivity index (χ1) is 20.2. The molecule has 0 aliphatic rings. The van der Waals surface area contributed by atoms with Crippen LogP contribution in [0.15, 0.2) is 78.9 Å². The summed E-state index contributed by atoms with van der Waals surface area (Å²) in [5.41, 5.74) is 2.11. The van der Waals surface area contributed by atoms with Gasteiger partial charge in [-0.15, -0.1) is 0 Å². The van der Waals surface area contributed by atoms with Crippen molar-refractivity contribution in [3.63, 3.8) is 0 Å². The molecule has 0 heterocycles. The third-order valence-electron chi connectivity index (χ3n) is 6.78. The number of rotatable bonds is 16. The van der Waals surface area contributed by atoms with E-state index >= 15 is 0 Å². The van der Waals surface area contributed by atoms with Gasteiger partial charge in [-0.2, -0.15) is 0 Å². The average Bonchev–Trinajstić information content (AvgIpc) is 2.99. The number of carbonyl (C=O) groups excluding carboxylic acids is 2. The number of carbonyl (C=O) groups is 2. The van der Waals surface area contributed by atoms with E-state index < -0.39 is 28.5 Å². The fourth-order valence-corrected chi connectivity index (χ4v) is 5.27. The second-order valence-electron chi connectivity index (χ2n) is 9.98. The SMILES string of the molecule is CCCCNC(=O)C(CC)N(Cc1ccc(OC)cc1)C(=O)CN(c1ccc(OCc2ccccc2)cc1)S(C)(=O)=O. The zero-order chi connectivity index (χ0) is 30.5. The molecular formula is C32H41N3O6S. The molecule has 3 aromatic rings. The normalized spacial score (nSPS) is 11.8. The highest BCUT2D eigenvalue weighted by atomic mass is 32.2. The molecule has 226 valence electrons. The highest BCUT2D eigenvalue weighted by Crippen LogP contribution is 2.24. The van der Waals surface area contributed by atoms with E-state index in [9.17, 15) is 18.0 Å². The minimum Gasteiger partial charge on any atom is -0.497 e. The van der Waals surface area contributed by atoms with Gasteiger partial charge in [-0.25, -0.2) is 8.42 Å². The van der Waals surface area contributed by atoms with Crippen LogP contribution < -0.4 is 19.1 Å². The lowest BCUT2D eigenvalue weighted by atomic mass is 10.1. The van der Waals surface area contributed by atoms with Crippen LogP contribution in [0, 0.1) is 0 Å². The number of nitrogens with zero attached hydrogens (tertiary/aromatic N) is 2. The standard InChI is InChI=1S/C32H41N3O6S/c1-5-7-21-33-32(37)30(6-2)34(22-25-13-17-28(40-3)18-14-25)31(36)23-35(42(4,38)39)27-15-19-29(20-16-27)41-24-26-11-9-8-10-12-26/h8-20,30H,5-7,21-24H2,1-4H3,(H,33,37). The van der Waals surface area contributed by atoms with Crippen LogP contribution in [0.4, 0.5) is 5.69 Å². The third-order valence-corrected chi connectivity index (χ3v) is 7.92. The fourth-order valence-electron chi connectivity index (χ4n) is 4.42. The molecule has 42 heavy (non-hydrogen) atoms. The van der Waals surface area contributed by atoms with Gasteiger partial charge < -0.3 is 19.7 Å². The number of methoxy groups -OCH3 is 1. The van der Waals surface area contributed by atoms with E-state index in [1.165, 1.54) is 4.90 Å². The van der Waals surface area contributed by atoms with Gasteiger partial charge in [0.05, 0.1) is 19.1 Å². The van der Waals surface area contributed by atoms with Crippen molar-refractivity contribution in [3.05, 3.63) is 90.0 Å². The molecule has 1 N–H and O–H groups in total. The predicted octanol–water partition coefficient (Wildman–Crippen LogP) is 4.76. The molecule has 3 rings (SSSR count). The Labute approximate surface area is 249 Å². The van der Waals surface area contributed by atoms with Gasteiger partial charge in [-0.3, -0.25) is 13.9 Å².